The number of aromatic nitrogens is 1. The minimum Gasteiger partial charge on any atom is -0.489 e. The summed E-state index contributed by atoms with van der Waals surface area (Å²) in [6, 6.07) is 13.3. The maximum absolute atomic E-state index is 6.31. The average Bonchev–Trinajstić information content (AvgIpc) is 3.02. The number of benzene rings is 2. The minimum absolute atomic E-state index is 0.0257. The SMILES string of the molecule is C=C(/N=C(\ON)c1ccc(OC(C)C)c(Cl)c1)c1cccc2ccn(C)c12. The highest BCUT2D eigenvalue weighted by Gasteiger charge is 2.13. The number of halogens is 1. The molecule has 0 aliphatic rings. The first kappa shape index (κ1) is 19.0. The predicted molar refractivity (Wildman–Crippen MR) is 111 cm³/mol. The molecule has 2 aromatic carbocycles. The summed E-state index contributed by atoms with van der Waals surface area (Å²) in [7, 11) is 1.98. The Bertz CT molecular complexity index is 1020. The molecule has 140 valence electrons. The lowest BCUT2D eigenvalue weighted by atomic mass is 10.1. The van der Waals surface area contributed by atoms with Crippen LogP contribution in [0.5, 0.6) is 5.75 Å². The Morgan fingerprint density at radius 3 is 2.67 bits per heavy atom. The molecule has 0 radical (unpaired) electrons. The summed E-state index contributed by atoms with van der Waals surface area (Å²) in [6.45, 7) is 7.97. The van der Waals surface area contributed by atoms with E-state index in [9.17, 15) is 0 Å². The van der Waals surface area contributed by atoms with E-state index < -0.39 is 0 Å². The van der Waals surface area contributed by atoms with Gasteiger partial charge in [0.2, 0.25) is 5.90 Å². The number of nitrogens with zero attached hydrogens (tertiary/aromatic N) is 2. The Kier molecular flexibility index (Phi) is 5.54. The molecule has 0 aliphatic carbocycles. The van der Waals surface area contributed by atoms with Crippen molar-refractivity contribution in [3.8, 4) is 5.75 Å². The summed E-state index contributed by atoms with van der Waals surface area (Å²) in [5.41, 5.74) is 3.13. The zero-order chi connectivity index (χ0) is 19.6. The number of nitrogens with two attached hydrogens (primary N) is 1. The van der Waals surface area contributed by atoms with Gasteiger partial charge in [-0.05, 0) is 38.1 Å². The number of rotatable bonds is 5. The molecule has 0 amide bonds. The second-order valence-electron chi connectivity index (χ2n) is 6.46. The Balaban J connectivity index is 1.97. The van der Waals surface area contributed by atoms with Crippen molar-refractivity contribution in [1.82, 2.24) is 4.57 Å². The Morgan fingerprint density at radius 2 is 2.00 bits per heavy atom. The molecule has 0 saturated heterocycles. The number of fused-ring (bicyclic) bond motifs is 1. The highest BCUT2D eigenvalue weighted by molar-refractivity contribution is 6.32. The minimum atomic E-state index is 0.0257. The summed E-state index contributed by atoms with van der Waals surface area (Å²) >= 11 is 6.31. The summed E-state index contributed by atoms with van der Waals surface area (Å²) in [5.74, 6) is 6.29. The van der Waals surface area contributed by atoms with Crippen molar-refractivity contribution in [3.05, 3.63) is 71.4 Å². The van der Waals surface area contributed by atoms with Crippen LogP contribution in [-0.4, -0.2) is 16.6 Å². The monoisotopic (exact) mass is 383 g/mol. The van der Waals surface area contributed by atoms with Crippen molar-refractivity contribution in [1.29, 1.82) is 0 Å². The molecule has 3 rings (SSSR count). The number of hydrogen-bond donors (Lipinski definition) is 1. The molecule has 0 bridgehead atoms. The van der Waals surface area contributed by atoms with Crippen LogP contribution in [0.3, 0.4) is 0 Å². The Labute approximate surface area is 163 Å². The Morgan fingerprint density at radius 1 is 1.22 bits per heavy atom. The van der Waals surface area contributed by atoms with Crippen molar-refractivity contribution in [2.45, 2.75) is 20.0 Å². The van der Waals surface area contributed by atoms with Crippen LogP contribution in [0, 0.1) is 0 Å². The van der Waals surface area contributed by atoms with E-state index in [4.69, 9.17) is 27.1 Å². The van der Waals surface area contributed by atoms with Crippen LogP contribution >= 0.6 is 11.6 Å². The highest BCUT2D eigenvalue weighted by atomic mass is 35.5. The Hall–Kier alpha value is -2.76. The van der Waals surface area contributed by atoms with Gasteiger partial charge in [0, 0.05) is 29.8 Å². The van der Waals surface area contributed by atoms with E-state index in [1.165, 1.54) is 0 Å². The molecule has 0 aliphatic heterocycles. The van der Waals surface area contributed by atoms with Crippen LogP contribution in [0.2, 0.25) is 5.02 Å². The molecule has 0 spiro atoms. The molecule has 6 heteroatoms. The van der Waals surface area contributed by atoms with Gasteiger partial charge in [-0.25, -0.2) is 4.99 Å². The van der Waals surface area contributed by atoms with Crippen LogP contribution in [-0.2, 0) is 11.9 Å². The van der Waals surface area contributed by atoms with Gasteiger partial charge in [-0.15, -0.1) is 0 Å². The van der Waals surface area contributed by atoms with Crippen LogP contribution in [0.4, 0.5) is 0 Å². The molecule has 27 heavy (non-hydrogen) atoms. The topological polar surface area (TPSA) is 61.8 Å². The molecule has 5 nitrogen and oxygen atoms in total. The molecular formula is C21H22ClN3O2. The fraction of sp³-hybridized carbons (Fsp3) is 0.190. The van der Waals surface area contributed by atoms with Gasteiger partial charge in [-0.3, -0.25) is 0 Å². The van der Waals surface area contributed by atoms with Crippen LogP contribution in [0.1, 0.15) is 25.0 Å². The number of para-hydroxylation sites is 1. The standard InChI is InChI=1S/C21H22ClN3O2/c1-13(2)26-19-9-8-16(12-18(19)22)21(27-23)24-14(3)17-7-5-6-15-10-11-25(4)20(15)17/h5-13H,3,23H2,1-2,4H3/b24-21-. The summed E-state index contributed by atoms with van der Waals surface area (Å²) in [5, 5.41) is 1.57. The third-order valence-corrected chi connectivity index (χ3v) is 4.39. The van der Waals surface area contributed by atoms with E-state index in [0.717, 1.165) is 16.5 Å². The maximum Gasteiger partial charge on any atom is 0.245 e. The first-order valence-corrected chi connectivity index (χ1v) is 8.94. The lowest BCUT2D eigenvalue weighted by molar-refractivity contribution is 0.242. The lowest BCUT2D eigenvalue weighted by Crippen LogP contribution is -2.13. The van der Waals surface area contributed by atoms with E-state index in [0.29, 0.717) is 22.0 Å². The van der Waals surface area contributed by atoms with E-state index in [-0.39, 0.29) is 12.0 Å². The molecule has 1 aromatic heterocycles. The molecule has 3 aromatic rings. The zero-order valence-corrected chi connectivity index (χ0v) is 16.3. The number of ether oxygens (including phenoxy) is 1. The van der Waals surface area contributed by atoms with Gasteiger partial charge in [-0.1, -0.05) is 36.4 Å². The quantitative estimate of drug-likeness (QED) is 0.386. The molecule has 0 fully saturated rings. The van der Waals surface area contributed by atoms with E-state index >= 15 is 0 Å². The maximum atomic E-state index is 6.31. The van der Waals surface area contributed by atoms with E-state index in [1.54, 1.807) is 18.2 Å². The first-order chi connectivity index (χ1) is 12.9. The predicted octanol–water partition coefficient (Wildman–Crippen LogP) is 4.93. The third-order valence-electron chi connectivity index (χ3n) is 4.10. The van der Waals surface area contributed by atoms with Crippen molar-refractivity contribution >= 4 is 34.1 Å². The molecule has 0 unspecified atom stereocenters. The second kappa shape index (κ2) is 7.86. The summed E-state index contributed by atoms with van der Waals surface area (Å²) in [6.07, 6.45) is 2.02. The van der Waals surface area contributed by atoms with Gasteiger partial charge in [-0.2, -0.15) is 5.90 Å². The van der Waals surface area contributed by atoms with Gasteiger partial charge in [0.1, 0.15) is 5.75 Å². The van der Waals surface area contributed by atoms with Crippen LogP contribution in [0.25, 0.3) is 16.6 Å². The lowest BCUT2D eigenvalue weighted by Gasteiger charge is -2.13. The van der Waals surface area contributed by atoms with Gasteiger partial charge < -0.3 is 14.1 Å². The van der Waals surface area contributed by atoms with Crippen molar-refractivity contribution < 1.29 is 9.57 Å². The molecule has 0 saturated carbocycles. The summed E-state index contributed by atoms with van der Waals surface area (Å²) < 4.78 is 7.68. The van der Waals surface area contributed by atoms with Gasteiger partial charge in [0.25, 0.3) is 0 Å². The zero-order valence-electron chi connectivity index (χ0n) is 15.6. The van der Waals surface area contributed by atoms with Crippen LogP contribution in [0.15, 0.2) is 60.2 Å². The number of aryl methyl sites for hydroxylation is 1. The molecule has 0 atom stereocenters. The smallest absolute Gasteiger partial charge is 0.245 e. The molecule has 2 N–H and O–H groups in total. The van der Waals surface area contributed by atoms with Crippen molar-refractivity contribution in [3.63, 3.8) is 0 Å². The first-order valence-electron chi connectivity index (χ1n) is 8.56. The molecular weight excluding hydrogens is 362 g/mol. The number of aliphatic imine (C=N–C) groups is 1. The van der Waals surface area contributed by atoms with Crippen molar-refractivity contribution in [2.24, 2.45) is 17.9 Å². The third kappa shape index (κ3) is 3.99. The second-order valence-corrected chi connectivity index (χ2v) is 6.87. The molecule has 1 heterocycles. The van der Waals surface area contributed by atoms with Crippen molar-refractivity contribution in [2.75, 3.05) is 0 Å². The fourth-order valence-corrected chi connectivity index (χ4v) is 3.14. The number of hydrogen-bond acceptors (Lipinski definition) is 4. The largest absolute Gasteiger partial charge is 0.489 e. The van der Waals surface area contributed by atoms with Crippen LogP contribution < -0.4 is 10.6 Å². The van der Waals surface area contributed by atoms with Gasteiger partial charge >= 0.3 is 0 Å². The summed E-state index contributed by atoms with van der Waals surface area (Å²) in [4.78, 5) is 9.51. The normalized spacial score (nSPS) is 11.9. The van der Waals surface area contributed by atoms with E-state index in [2.05, 4.69) is 11.6 Å². The van der Waals surface area contributed by atoms with E-state index in [1.807, 2.05) is 55.9 Å². The highest BCUT2D eigenvalue weighted by Crippen LogP contribution is 2.29. The average molecular weight is 384 g/mol. The van der Waals surface area contributed by atoms with Gasteiger partial charge in [0.05, 0.1) is 22.3 Å². The van der Waals surface area contributed by atoms with Gasteiger partial charge in [0.15, 0.2) is 0 Å². The fourth-order valence-electron chi connectivity index (χ4n) is 2.91.